The monoisotopic (exact) mass is 438 g/mol. The molecule has 0 aliphatic heterocycles. The van der Waals surface area contributed by atoms with Gasteiger partial charge in [0, 0.05) is 17.0 Å². The Morgan fingerprint density at radius 2 is 1.71 bits per heavy atom. The van der Waals surface area contributed by atoms with Gasteiger partial charge < -0.3 is 14.2 Å². The summed E-state index contributed by atoms with van der Waals surface area (Å²) >= 11 is 5.89. The molecule has 31 heavy (non-hydrogen) atoms. The van der Waals surface area contributed by atoms with Crippen LogP contribution in [-0.2, 0) is 0 Å². The molecule has 0 saturated carbocycles. The summed E-state index contributed by atoms with van der Waals surface area (Å²) in [5.41, 5.74) is 3.76. The normalized spacial score (nSPS) is 10.6. The van der Waals surface area contributed by atoms with Gasteiger partial charge in [0.1, 0.15) is 5.75 Å². The van der Waals surface area contributed by atoms with Crippen molar-refractivity contribution in [3.63, 3.8) is 0 Å². The molecule has 3 aromatic carbocycles. The maximum absolute atomic E-state index is 12.0. The molecule has 160 valence electrons. The first-order valence-electron chi connectivity index (χ1n) is 9.73. The Bertz CT molecular complexity index is 1020. The van der Waals surface area contributed by atoms with Crippen LogP contribution < -0.4 is 19.6 Å². The molecule has 3 aromatic rings. The third kappa shape index (κ3) is 7.04. The van der Waals surface area contributed by atoms with E-state index in [9.17, 15) is 4.79 Å². The molecule has 0 radical (unpaired) electrons. The van der Waals surface area contributed by atoms with Crippen LogP contribution in [0, 0.1) is 0 Å². The number of halogens is 1. The standard InChI is InChI=1S/C24H23ClN2O4/c1-29-22-8-2-3-9-23(22)31-15-5-14-30-21-12-10-18(11-13-21)17-26-27-24(28)19-6-4-7-20(25)16-19/h2-4,6-13,16-17H,5,14-15H2,1H3,(H,27,28)/b26-17-. The van der Waals surface area contributed by atoms with Gasteiger partial charge in [-0.15, -0.1) is 0 Å². The van der Waals surface area contributed by atoms with Crippen LogP contribution in [0.3, 0.4) is 0 Å². The Balaban J connectivity index is 1.38. The number of hydrazone groups is 1. The minimum atomic E-state index is -0.325. The maximum atomic E-state index is 12.0. The molecular formula is C24H23ClN2O4. The smallest absolute Gasteiger partial charge is 0.271 e. The van der Waals surface area contributed by atoms with Crippen LogP contribution in [0.15, 0.2) is 77.9 Å². The van der Waals surface area contributed by atoms with Crippen LogP contribution >= 0.6 is 11.6 Å². The molecule has 0 aliphatic rings. The average Bonchev–Trinajstić information content (AvgIpc) is 2.80. The zero-order chi connectivity index (χ0) is 21.9. The number of hydrogen-bond acceptors (Lipinski definition) is 5. The number of carbonyl (C=O) groups is 1. The number of nitrogens with zero attached hydrogens (tertiary/aromatic N) is 1. The summed E-state index contributed by atoms with van der Waals surface area (Å²) in [6.45, 7) is 1.05. The van der Waals surface area contributed by atoms with Gasteiger partial charge in [0.05, 0.1) is 26.5 Å². The number of ether oxygens (including phenoxy) is 3. The van der Waals surface area contributed by atoms with E-state index in [0.717, 1.165) is 23.5 Å². The molecule has 1 amide bonds. The van der Waals surface area contributed by atoms with E-state index in [-0.39, 0.29) is 5.91 Å². The molecule has 0 heterocycles. The number of methoxy groups -OCH3 is 1. The predicted octanol–water partition coefficient (Wildman–Crippen LogP) is 4.96. The van der Waals surface area contributed by atoms with Crippen molar-refractivity contribution >= 4 is 23.7 Å². The van der Waals surface area contributed by atoms with Crippen molar-refractivity contribution in [1.29, 1.82) is 0 Å². The lowest BCUT2D eigenvalue weighted by Gasteiger charge is -2.10. The fraction of sp³-hybridized carbons (Fsp3) is 0.167. The first-order chi connectivity index (χ1) is 15.2. The third-order valence-corrected chi connectivity index (χ3v) is 4.47. The third-order valence-electron chi connectivity index (χ3n) is 4.23. The summed E-state index contributed by atoms with van der Waals surface area (Å²) in [6.07, 6.45) is 2.30. The van der Waals surface area contributed by atoms with Crippen molar-refractivity contribution in [2.24, 2.45) is 5.10 Å². The highest BCUT2D eigenvalue weighted by atomic mass is 35.5. The van der Waals surface area contributed by atoms with Gasteiger partial charge in [0.15, 0.2) is 11.5 Å². The van der Waals surface area contributed by atoms with Crippen molar-refractivity contribution in [2.75, 3.05) is 20.3 Å². The molecule has 7 heteroatoms. The van der Waals surface area contributed by atoms with Crippen molar-refractivity contribution < 1.29 is 19.0 Å². The summed E-state index contributed by atoms with van der Waals surface area (Å²) in [4.78, 5) is 12.0. The van der Waals surface area contributed by atoms with Crippen molar-refractivity contribution in [2.45, 2.75) is 6.42 Å². The molecule has 6 nitrogen and oxygen atoms in total. The lowest BCUT2D eigenvalue weighted by atomic mass is 10.2. The van der Waals surface area contributed by atoms with Crippen LogP contribution in [0.25, 0.3) is 0 Å². The van der Waals surface area contributed by atoms with Gasteiger partial charge in [-0.05, 0) is 60.2 Å². The Morgan fingerprint density at radius 3 is 2.45 bits per heavy atom. The van der Waals surface area contributed by atoms with Gasteiger partial charge in [0.25, 0.3) is 5.91 Å². The topological polar surface area (TPSA) is 69.2 Å². The zero-order valence-electron chi connectivity index (χ0n) is 17.1. The summed E-state index contributed by atoms with van der Waals surface area (Å²) in [6, 6.07) is 21.6. The number of nitrogens with one attached hydrogen (secondary N) is 1. The number of amides is 1. The van der Waals surface area contributed by atoms with E-state index in [4.69, 9.17) is 25.8 Å². The Hall–Kier alpha value is -3.51. The van der Waals surface area contributed by atoms with Gasteiger partial charge in [-0.25, -0.2) is 5.43 Å². The van der Waals surface area contributed by atoms with Crippen LogP contribution in [-0.4, -0.2) is 32.4 Å². The molecule has 0 atom stereocenters. The first-order valence-corrected chi connectivity index (χ1v) is 10.1. The molecule has 3 rings (SSSR count). The highest BCUT2D eigenvalue weighted by molar-refractivity contribution is 6.30. The Morgan fingerprint density at radius 1 is 0.968 bits per heavy atom. The second-order valence-corrected chi connectivity index (χ2v) is 6.92. The van der Waals surface area contributed by atoms with Gasteiger partial charge in [0.2, 0.25) is 0 Å². The molecule has 0 aromatic heterocycles. The van der Waals surface area contributed by atoms with Crippen LogP contribution in [0.5, 0.6) is 17.2 Å². The van der Waals surface area contributed by atoms with Crippen LogP contribution in [0.4, 0.5) is 0 Å². The van der Waals surface area contributed by atoms with Crippen LogP contribution in [0.2, 0.25) is 5.02 Å². The second-order valence-electron chi connectivity index (χ2n) is 6.48. The number of para-hydroxylation sites is 2. The Labute approximate surface area is 186 Å². The Kier molecular flexibility index (Phi) is 8.31. The van der Waals surface area contributed by atoms with Crippen molar-refractivity contribution in [1.82, 2.24) is 5.43 Å². The first kappa shape index (κ1) is 22.2. The largest absolute Gasteiger partial charge is 0.493 e. The van der Waals surface area contributed by atoms with Crippen molar-refractivity contribution in [3.05, 3.63) is 88.9 Å². The average molecular weight is 439 g/mol. The lowest BCUT2D eigenvalue weighted by molar-refractivity contribution is 0.0955. The quantitative estimate of drug-likeness (QED) is 0.276. The van der Waals surface area contributed by atoms with Gasteiger partial charge in [-0.3, -0.25) is 4.79 Å². The summed E-state index contributed by atoms with van der Waals surface area (Å²) in [5, 5.41) is 4.47. The predicted molar refractivity (Wildman–Crippen MR) is 122 cm³/mol. The molecule has 0 aliphatic carbocycles. The van der Waals surface area contributed by atoms with E-state index in [1.807, 2.05) is 48.5 Å². The van der Waals surface area contributed by atoms with Gasteiger partial charge in [-0.2, -0.15) is 5.10 Å². The van der Waals surface area contributed by atoms with E-state index >= 15 is 0 Å². The summed E-state index contributed by atoms with van der Waals surface area (Å²) in [5.74, 6) is 1.85. The SMILES string of the molecule is COc1ccccc1OCCCOc1ccc(/C=N\NC(=O)c2cccc(Cl)c2)cc1. The molecule has 0 saturated heterocycles. The van der Waals surface area contributed by atoms with E-state index in [0.29, 0.717) is 29.5 Å². The lowest BCUT2D eigenvalue weighted by Crippen LogP contribution is -2.17. The van der Waals surface area contributed by atoms with E-state index in [1.165, 1.54) is 0 Å². The van der Waals surface area contributed by atoms with E-state index in [1.54, 1.807) is 37.6 Å². The van der Waals surface area contributed by atoms with Crippen molar-refractivity contribution in [3.8, 4) is 17.2 Å². The fourth-order valence-corrected chi connectivity index (χ4v) is 2.87. The number of hydrogen-bond donors (Lipinski definition) is 1. The molecule has 0 fully saturated rings. The second kappa shape index (κ2) is 11.6. The van der Waals surface area contributed by atoms with Gasteiger partial charge in [-0.1, -0.05) is 29.8 Å². The minimum absolute atomic E-state index is 0.325. The highest BCUT2D eigenvalue weighted by Crippen LogP contribution is 2.25. The highest BCUT2D eigenvalue weighted by Gasteiger charge is 2.04. The summed E-state index contributed by atoms with van der Waals surface area (Å²) in [7, 11) is 1.62. The van der Waals surface area contributed by atoms with Crippen LogP contribution in [0.1, 0.15) is 22.3 Å². The van der Waals surface area contributed by atoms with Gasteiger partial charge >= 0.3 is 0 Å². The fourth-order valence-electron chi connectivity index (χ4n) is 2.68. The summed E-state index contributed by atoms with van der Waals surface area (Å²) < 4.78 is 16.7. The molecular weight excluding hydrogens is 416 g/mol. The maximum Gasteiger partial charge on any atom is 0.271 e. The number of carbonyl (C=O) groups excluding carboxylic acids is 1. The molecule has 1 N–H and O–H groups in total. The molecule has 0 unspecified atom stereocenters. The van der Waals surface area contributed by atoms with E-state index < -0.39 is 0 Å². The molecule has 0 spiro atoms. The number of benzene rings is 3. The minimum Gasteiger partial charge on any atom is -0.493 e. The number of rotatable bonds is 10. The van der Waals surface area contributed by atoms with E-state index in [2.05, 4.69) is 10.5 Å². The molecule has 0 bridgehead atoms. The zero-order valence-corrected chi connectivity index (χ0v) is 17.8.